The maximum absolute atomic E-state index is 12.9. The zero-order chi connectivity index (χ0) is 41.4. The number of quaternary nitrogens is 1. The van der Waals surface area contributed by atoms with Gasteiger partial charge in [0.05, 0.1) is 39.9 Å². The first-order valence-electron chi connectivity index (χ1n) is 23.4. The quantitative estimate of drug-likeness (QED) is 0.0275. The van der Waals surface area contributed by atoms with Crippen LogP contribution >= 0.6 is 7.82 Å². The van der Waals surface area contributed by atoms with E-state index in [2.05, 4.69) is 43.5 Å². The van der Waals surface area contributed by atoms with Gasteiger partial charge in [-0.05, 0) is 51.4 Å². The number of amides is 1. The lowest BCUT2D eigenvalue weighted by molar-refractivity contribution is -0.870. The van der Waals surface area contributed by atoms with E-state index in [1.807, 2.05) is 27.2 Å². The van der Waals surface area contributed by atoms with Crippen LogP contribution in [0, 0.1) is 0 Å². The van der Waals surface area contributed by atoms with Crippen molar-refractivity contribution in [1.82, 2.24) is 5.32 Å². The van der Waals surface area contributed by atoms with E-state index >= 15 is 0 Å². The molecule has 0 radical (unpaired) electrons. The average molecular weight is 811 g/mol. The maximum atomic E-state index is 12.9. The summed E-state index contributed by atoms with van der Waals surface area (Å²) in [5.74, 6) is -0.206. The first kappa shape index (κ1) is 54.7. The summed E-state index contributed by atoms with van der Waals surface area (Å²) in [6, 6.07) is -0.889. The van der Waals surface area contributed by atoms with Crippen molar-refractivity contribution < 1.29 is 32.9 Å². The minimum atomic E-state index is -4.59. The van der Waals surface area contributed by atoms with Gasteiger partial charge in [0, 0.05) is 6.42 Å². The number of aliphatic hydroxyl groups is 1. The van der Waals surface area contributed by atoms with Gasteiger partial charge in [-0.3, -0.25) is 9.36 Å². The van der Waals surface area contributed by atoms with Crippen molar-refractivity contribution in [2.75, 3.05) is 40.9 Å². The number of unbranched alkanes of at least 4 members (excludes halogenated alkanes) is 25. The summed E-state index contributed by atoms with van der Waals surface area (Å²) in [4.78, 5) is 25.3. The Hall–Kier alpha value is -1.28. The highest BCUT2D eigenvalue weighted by Gasteiger charge is 2.23. The van der Waals surface area contributed by atoms with Crippen molar-refractivity contribution in [2.24, 2.45) is 0 Å². The Bertz CT molecular complexity index is 1010. The predicted octanol–water partition coefficient (Wildman–Crippen LogP) is 12.5. The molecule has 0 aliphatic rings. The molecule has 2 N–H and O–H groups in total. The van der Waals surface area contributed by atoms with Gasteiger partial charge in [0.1, 0.15) is 13.2 Å². The number of rotatable bonds is 42. The van der Waals surface area contributed by atoms with Crippen LogP contribution in [0.15, 0.2) is 36.5 Å². The Balaban J connectivity index is 4.41. The highest BCUT2D eigenvalue weighted by atomic mass is 31.2. The molecule has 0 saturated heterocycles. The summed E-state index contributed by atoms with van der Waals surface area (Å²) >= 11 is 0. The molecule has 0 aliphatic carbocycles. The summed E-state index contributed by atoms with van der Waals surface area (Å²) in [6.07, 6.45) is 47.5. The minimum absolute atomic E-state index is 0.00280. The van der Waals surface area contributed by atoms with Gasteiger partial charge in [-0.2, -0.15) is 0 Å². The second-order valence-electron chi connectivity index (χ2n) is 17.1. The molecule has 0 saturated carbocycles. The number of nitrogens with one attached hydrogen (secondary N) is 1. The first-order chi connectivity index (χ1) is 27.0. The van der Waals surface area contributed by atoms with Gasteiger partial charge >= 0.3 is 0 Å². The number of nitrogens with zero attached hydrogens (tertiary/aromatic N) is 1. The molecule has 3 atom stereocenters. The Morgan fingerprint density at radius 3 is 1.50 bits per heavy atom. The highest BCUT2D eigenvalue weighted by Crippen LogP contribution is 2.38. The van der Waals surface area contributed by atoms with Crippen LogP contribution < -0.4 is 10.2 Å². The fourth-order valence-corrected chi connectivity index (χ4v) is 7.32. The molecule has 0 heterocycles. The largest absolute Gasteiger partial charge is 0.756 e. The van der Waals surface area contributed by atoms with Crippen LogP contribution in [0.5, 0.6) is 0 Å². The van der Waals surface area contributed by atoms with E-state index < -0.39 is 20.0 Å². The number of hydrogen-bond donors (Lipinski definition) is 2. The van der Waals surface area contributed by atoms with Gasteiger partial charge < -0.3 is 28.8 Å². The molecule has 0 bridgehead atoms. The molecule has 1 amide bonds. The van der Waals surface area contributed by atoms with E-state index in [0.717, 1.165) is 57.8 Å². The Labute approximate surface area is 347 Å². The molecule has 330 valence electrons. The Morgan fingerprint density at radius 2 is 1.04 bits per heavy atom. The second kappa shape index (κ2) is 39.2. The Kier molecular flexibility index (Phi) is 38.3. The molecule has 0 aromatic rings. The van der Waals surface area contributed by atoms with E-state index in [0.29, 0.717) is 17.4 Å². The lowest BCUT2D eigenvalue weighted by Crippen LogP contribution is -2.45. The molecule has 0 aromatic heterocycles. The zero-order valence-electron chi connectivity index (χ0n) is 37.3. The highest BCUT2D eigenvalue weighted by molar-refractivity contribution is 7.45. The third kappa shape index (κ3) is 40.9. The number of phosphoric acid groups is 1. The molecular weight excluding hydrogens is 719 g/mol. The van der Waals surface area contributed by atoms with E-state index in [1.54, 1.807) is 6.08 Å². The molecule has 0 aliphatic heterocycles. The first-order valence-corrected chi connectivity index (χ1v) is 24.8. The van der Waals surface area contributed by atoms with E-state index in [-0.39, 0.29) is 19.1 Å². The third-order valence-electron chi connectivity index (χ3n) is 10.3. The molecule has 56 heavy (non-hydrogen) atoms. The van der Waals surface area contributed by atoms with Crippen molar-refractivity contribution in [3.63, 3.8) is 0 Å². The van der Waals surface area contributed by atoms with Gasteiger partial charge in [-0.15, -0.1) is 0 Å². The number of hydrogen-bond acceptors (Lipinski definition) is 6. The van der Waals surface area contributed by atoms with E-state index in [9.17, 15) is 19.4 Å². The number of phosphoric ester groups is 1. The lowest BCUT2D eigenvalue weighted by atomic mass is 10.0. The molecule has 0 fully saturated rings. The molecule has 0 spiro atoms. The van der Waals surface area contributed by atoms with Crippen molar-refractivity contribution in [2.45, 2.75) is 219 Å². The molecule has 9 heteroatoms. The summed E-state index contributed by atoms with van der Waals surface area (Å²) in [5.41, 5.74) is 0. The van der Waals surface area contributed by atoms with Crippen molar-refractivity contribution in [3.8, 4) is 0 Å². The van der Waals surface area contributed by atoms with Gasteiger partial charge in [-0.1, -0.05) is 185 Å². The molecule has 0 aromatic carbocycles. The zero-order valence-corrected chi connectivity index (χ0v) is 38.2. The standard InChI is InChI=1S/C47H91N2O6P/c1-6-8-10-12-14-16-18-20-22-24-25-27-29-31-33-35-37-39-41-47(51)48-45(44-55-56(52,53)54-43-42-49(3,4)5)46(50)40-38-36-34-32-30-28-26-23-21-19-17-15-13-11-9-7-2/h16,18,22,24,38,40,45-46,50H,6-15,17,19-21,23,25-37,39,41-44H2,1-5H3,(H-,48,51,52,53)/b18-16-,24-22-,40-38+. The number of likely N-dealkylation sites (N-methyl/N-ethyl adjacent to an activating group) is 1. The smallest absolute Gasteiger partial charge is 0.268 e. The van der Waals surface area contributed by atoms with Gasteiger partial charge in [0.15, 0.2) is 0 Å². The third-order valence-corrected chi connectivity index (χ3v) is 11.3. The molecule has 3 unspecified atom stereocenters. The number of aliphatic hydroxyl groups excluding tert-OH is 1. The lowest BCUT2D eigenvalue weighted by Gasteiger charge is -2.29. The summed E-state index contributed by atoms with van der Waals surface area (Å²) < 4.78 is 23.2. The minimum Gasteiger partial charge on any atom is -0.756 e. The van der Waals surface area contributed by atoms with Crippen molar-refractivity contribution in [3.05, 3.63) is 36.5 Å². The van der Waals surface area contributed by atoms with Crippen LogP contribution in [-0.4, -0.2) is 68.5 Å². The molecule has 0 rings (SSSR count). The topological polar surface area (TPSA) is 108 Å². The SMILES string of the molecule is CCCCCC/C=C\C/C=C\CCCCCCCCCC(=O)NC(COP(=O)([O-])OCC[N+](C)(C)C)C(O)/C=C/CCCCCCCCCCCCCCCC. The summed E-state index contributed by atoms with van der Waals surface area (Å²) in [6.45, 7) is 4.63. The summed E-state index contributed by atoms with van der Waals surface area (Å²) in [5, 5.41) is 13.8. The number of allylic oxidation sites excluding steroid dienone is 5. The fraction of sp³-hybridized carbons (Fsp3) is 0.851. The van der Waals surface area contributed by atoms with Crippen molar-refractivity contribution >= 4 is 13.7 Å². The van der Waals surface area contributed by atoms with Crippen LogP contribution in [0.3, 0.4) is 0 Å². The van der Waals surface area contributed by atoms with Crippen LogP contribution in [0.1, 0.15) is 206 Å². The van der Waals surface area contributed by atoms with Gasteiger partial charge in [0.2, 0.25) is 5.91 Å². The monoisotopic (exact) mass is 811 g/mol. The van der Waals surface area contributed by atoms with Crippen LogP contribution in [0.2, 0.25) is 0 Å². The van der Waals surface area contributed by atoms with Crippen LogP contribution in [-0.2, 0) is 18.4 Å². The van der Waals surface area contributed by atoms with E-state index in [4.69, 9.17) is 9.05 Å². The summed E-state index contributed by atoms with van der Waals surface area (Å²) in [7, 11) is 1.25. The maximum Gasteiger partial charge on any atom is 0.268 e. The van der Waals surface area contributed by atoms with Crippen LogP contribution in [0.4, 0.5) is 0 Å². The van der Waals surface area contributed by atoms with E-state index in [1.165, 1.54) is 128 Å². The molecule has 8 nitrogen and oxygen atoms in total. The normalized spacial score (nSPS) is 14.6. The van der Waals surface area contributed by atoms with Crippen molar-refractivity contribution in [1.29, 1.82) is 0 Å². The average Bonchev–Trinajstić information content (AvgIpc) is 3.15. The van der Waals surface area contributed by atoms with Gasteiger partial charge in [-0.25, -0.2) is 0 Å². The second-order valence-corrected chi connectivity index (χ2v) is 18.5. The number of carbonyl (C=O) groups excluding carboxylic acids is 1. The van der Waals surface area contributed by atoms with Crippen LogP contribution in [0.25, 0.3) is 0 Å². The van der Waals surface area contributed by atoms with Gasteiger partial charge in [0.25, 0.3) is 7.82 Å². The fourth-order valence-electron chi connectivity index (χ4n) is 6.59. The predicted molar refractivity (Wildman–Crippen MR) is 238 cm³/mol. The number of carbonyl (C=O) groups is 1. The molecular formula is C47H91N2O6P. The Morgan fingerprint density at radius 1 is 0.625 bits per heavy atom.